The highest BCUT2D eigenvalue weighted by atomic mass is 19.1. The standard InChI is InChI=1S/C17H22FN3O3/c1-17(15(22)23)7-9-21(11-17)16(24)19-12-6-8-20(10-12)14-5-3-2-4-13(14)18/h2-5,12H,6-11H2,1H3,(H,19,24)(H,22,23). The first kappa shape index (κ1) is 16.5. The molecule has 1 aromatic rings. The molecular weight excluding hydrogens is 313 g/mol. The van der Waals surface area contributed by atoms with Crippen LogP contribution in [0.5, 0.6) is 0 Å². The Morgan fingerprint density at radius 2 is 2.08 bits per heavy atom. The van der Waals surface area contributed by atoms with E-state index in [4.69, 9.17) is 0 Å². The van der Waals surface area contributed by atoms with Crippen LogP contribution < -0.4 is 10.2 Å². The summed E-state index contributed by atoms with van der Waals surface area (Å²) in [6.07, 6.45) is 1.20. The Labute approximate surface area is 140 Å². The van der Waals surface area contributed by atoms with Crippen LogP contribution in [0.1, 0.15) is 19.8 Å². The molecule has 3 rings (SSSR count). The molecule has 0 aromatic heterocycles. The molecule has 0 bridgehead atoms. The van der Waals surface area contributed by atoms with Crippen molar-refractivity contribution in [2.45, 2.75) is 25.8 Å². The summed E-state index contributed by atoms with van der Waals surface area (Å²) in [7, 11) is 0. The first-order valence-electron chi connectivity index (χ1n) is 8.17. The Bertz CT molecular complexity index is 654. The number of carboxylic acids is 1. The third kappa shape index (κ3) is 3.16. The Kier molecular flexibility index (Phi) is 4.34. The fourth-order valence-corrected chi connectivity index (χ4v) is 3.38. The van der Waals surface area contributed by atoms with Crippen LogP contribution in [0.2, 0.25) is 0 Å². The SMILES string of the molecule is CC1(C(=O)O)CCN(C(=O)NC2CCN(c3ccccc3F)C2)C1. The summed E-state index contributed by atoms with van der Waals surface area (Å²) in [6.45, 7) is 3.56. The fourth-order valence-electron chi connectivity index (χ4n) is 3.38. The van der Waals surface area contributed by atoms with Gasteiger partial charge in [-0.2, -0.15) is 0 Å². The van der Waals surface area contributed by atoms with E-state index in [0.29, 0.717) is 31.7 Å². The summed E-state index contributed by atoms with van der Waals surface area (Å²) in [4.78, 5) is 27.1. The number of rotatable bonds is 3. The molecule has 0 radical (unpaired) electrons. The maximum atomic E-state index is 13.8. The minimum atomic E-state index is -0.871. The summed E-state index contributed by atoms with van der Waals surface area (Å²) in [6, 6.07) is 6.31. The highest BCUT2D eigenvalue weighted by molar-refractivity contribution is 5.79. The number of benzene rings is 1. The summed E-state index contributed by atoms with van der Waals surface area (Å²) in [5.74, 6) is -1.13. The zero-order valence-corrected chi connectivity index (χ0v) is 13.7. The number of likely N-dealkylation sites (tertiary alicyclic amines) is 1. The van der Waals surface area contributed by atoms with Gasteiger partial charge in [0.2, 0.25) is 0 Å². The molecule has 2 heterocycles. The second-order valence-corrected chi connectivity index (χ2v) is 6.87. The van der Waals surface area contributed by atoms with Crippen LogP contribution in [0.15, 0.2) is 24.3 Å². The first-order valence-corrected chi connectivity index (χ1v) is 8.17. The number of aliphatic carboxylic acids is 1. The molecule has 2 N–H and O–H groups in total. The van der Waals surface area contributed by atoms with Gasteiger partial charge < -0.3 is 20.2 Å². The normalized spacial score (nSPS) is 26.7. The van der Waals surface area contributed by atoms with E-state index in [2.05, 4.69) is 5.32 Å². The molecule has 0 aliphatic carbocycles. The zero-order chi connectivity index (χ0) is 17.3. The fraction of sp³-hybridized carbons (Fsp3) is 0.529. The maximum absolute atomic E-state index is 13.8. The number of carboxylic acid groups (broad SMARTS) is 1. The van der Waals surface area contributed by atoms with Gasteiger partial charge in [-0.25, -0.2) is 9.18 Å². The van der Waals surface area contributed by atoms with Crippen molar-refractivity contribution in [1.82, 2.24) is 10.2 Å². The number of amides is 2. The largest absolute Gasteiger partial charge is 0.481 e. The van der Waals surface area contributed by atoms with E-state index in [1.807, 2.05) is 4.90 Å². The van der Waals surface area contributed by atoms with Gasteiger partial charge in [-0.1, -0.05) is 12.1 Å². The minimum Gasteiger partial charge on any atom is -0.481 e. The molecule has 2 saturated heterocycles. The van der Waals surface area contributed by atoms with E-state index >= 15 is 0 Å². The van der Waals surface area contributed by atoms with Gasteiger partial charge in [-0.05, 0) is 31.9 Å². The number of para-hydroxylation sites is 1. The van der Waals surface area contributed by atoms with Gasteiger partial charge in [0, 0.05) is 32.2 Å². The number of anilines is 1. The third-order valence-corrected chi connectivity index (χ3v) is 4.99. The van der Waals surface area contributed by atoms with Crippen molar-refractivity contribution in [2.75, 3.05) is 31.1 Å². The Hall–Kier alpha value is -2.31. The summed E-state index contributed by atoms with van der Waals surface area (Å²) >= 11 is 0. The van der Waals surface area contributed by atoms with Crippen molar-refractivity contribution >= 4 is 17.7 Å². The van der Waals surface area contributed by atoms with E-state index in [0.717, 1.165) is 6.42 Å². The van der Waals surface area contributed by atoms with Crippen LogP contribution in [0, 0.1) is 11.2 Å². The lowest BCUT2D eigenvalue weighted by Crippen LogP contribution is -2.46. The predicted octanol–water partition coefficient (Wildman–Crippen LogP) is 1.91. The summed E-state index contributed by atoms with van der Waals surface area (Å²) < 4.78 is 13.8. The lowest BCUT2D eigenvalue weighted by molar-refractivity contribution is -0.147. The van der Waals surface area contributed by atoms with Gasteiger partial charge in [0.15, 0.2) is 0 Å². The quantitative estimate of drug-likeness (QED) is 0.885. The van der Waals surface area contributed by atoms with Crippen molar-refractivity contribution in [3.8, 4) is 0 Å². The van der Waals surface area contributed by atoms with Crippen LogP contribution in [0.4, 0.5) is 14.9 Å². The molecule has 0 spiro atoms. The molecule has 2 atom stereocenters. The van der Waals surface area contributed by atoms with Crippen molar-refractivity contribution < 1.29 is 19.1 Å². The van der Waals surface area contributed by atoms with Crippen LogP contribution in [0.25, 0.3) is 0 Å². The number of urea groups is 1. The molecule has 2 amide bonds. The van der Waals surface area contributed by atoms with Gasteiger partial charge in [0.25, 0.3) is 0 Å². The number of carbonyl (C=O) groups is 2. The topological polar surface area (TPSA) is 72.9 Å². The van der Waals surface area contributed by atoms with Crippen LogP contribution >= 0.6 is 0 Å². The molecule has 7 heteroatoms. The third-order valence-electron chi connectivity index (χ3n) is 4.99. The van der Waals surface area contributed by atoms with E-state index in [1.165, 1.54) is 6.07 Å². The first-order chi connectivity index (χ1) is 11.4. The van der Waals surface area contributed by atoms with Gasteiger partial charge in [0.05, 0.1) is 11.1 Å². The van der Waals surface area contributed by atoms with Gasteiger partial charge in [0.1, 0.15) is 5.82 Å². The van der Waals surface area contributed by atoms with Gasteiger partial charge in [-0.15, -0.1) is 0 Å². The van der Waals surface area contributed by atoms with E-state index in [1.54, 1.807) is 30.0 Å². The highest BCUT2D eigenvalue weighted by Crippen LogP contribution is 2.30. The average Bonchev–Trinajstić information content (AvgIpc) is 3.15. The lowest BCUT2D eigenvalue weighted by atomic mass is 9.90. The highest BCUT2D eigenvalue weighted by Gasteiger charge is 2.42. The smallest absolute Gasteiger partial charge is 0.317 e. The van der Waals surface area contributed by atoms with Crippen LogP contribution in [-0.2, 0) is 4.79 Å². The molecule has 2 unspecified atom stereocenters. The number of hydrogen-bond acceptors (Lipinski definition) is 3. The van der Waals surface area contributed by atoms with Crippen molar-refractivity contribution in [1.29, 1.82) is 0 Å². The number of carbonyl (C=O) groups excluding carboxylic acids is 1. The van der Waals surface area contributed by atoms with E-state index < -0.39 is 11.4 Å². The molecule has 2 aliphatic rings. The van der Waals surface area contributed by atoms with E-state index in [-0.39, 0.29) is 24.4 Å². The monoisotopic (exact) mass is 335 g/mol. The molecule has 2 fully saturated rings. The number of nitrogens with zero attached hydrogens (tertiary/aromatic N) is 2. The Balaban J connectivity index is 1.56. The van der Waals surface area contributed by atoms with E-state index in [9.17, 15) is 19.1 Å². The molecule has 0 saturated carbocycles. The van der Waals surface area contributed by atoms with Gasteiger partial charge in [-0.3, -0.25) is 4.79 Å². The van der Waals surface area contributed by atoms with Gasteiger partial charge >= 0.3 is 12.0 Å². The van der Waals surface area contributed by atoms with Crippen molar-refractivity contribution in [2.24, 2.45) is 5.41 Å². The molecular formula is C17H22FN3O3. The second kappa shape index (κ2) is 6.30. The number of halogens is 1. The molecule has 24 heavy (non-hydrogen) atoms. The Morgan fingerprint density at radius 1 is 1.33 bits per heavy atom. The zero-order valence-electron chi connectivity index (χ0n) is 13.7. The van der Waals surface area contributed by atoms with Crippen LogP contribution in [0.3, 0.4) is 0 Å². The predicted molar refractivity (Wildman–Crippen MR) is 87.5 cm³/mol. The maximum Gasteiger partial charge on any atom is 0.317 e. The molecule has 1 aromatic carbocycles. The van der Waals surface area contributed by atoms with Crippen molar-refractivity contribution in [3.05, 3.63) is 30.1 Å². The number of hydrogen-bond donors (Lipinski definition) is 2. The summed E-state index contributed by atoms with van der Waals surface area (Å²) in [5.41, 5.74) is -0.319. The summed E-state index contributed by atoms with van der Waals surface area (Å²) in [5, 5.41) is 12.2. The second-order valence-electron chi connectivity index (χ2n) is 6.87. The Morgan fingerprint density at radius 3 is 2.75 bits per heavy atom. The molecule has 2 aliphatic heterocycles. The number of nitrogens with one attached hydrogen (secondary N) is 1. The molecule has 130 valence electrons. The molecule has 6 nitrogen and oxygen atoms in total. The lowest BCUT2D eigenvalue weighted by Gasteiger charge is -2.23. The van der Waals surface area contributed by atoms with Crippen molar-refractivity contribution in [3.63, 3.8) is 0 Å². The average molecular weight is 335 g/mol. The van der Waals surface area contributed by atoms with Crippen LogP contribution in [-0.4, -0.2) is 54.2 Å². The minimum absolute atomic E-state index is 0.0613.